The molecule has 140 valence electrons. The quantitative estimate of drug-likeness (QED) is 0.583. The summed E-state index contributed by atoms with van der Waals surface area (Å²) in [5, 5.41) is 0.403. The Hall–Kier alpha value is -3.67. The van der Waals surface area contributed by atoms with Crippen LogP contribution in [0, 0.1) is 0 Å². The number of fused-ring (bicyclic) bond motifs is 1. The van der Waals surface area contributed by atoms with Crippen LogP contribution in [-0.4, -0.2) is 21.6 Å². The van der Waals surface area contributed by atoms with Crippen molar-refractivity contribution in [3.63, 3.8) is 0 Å². The van der Waals surface area contributed by atoms with Gasteiger partial charge in [-0.25, -0.2) is 9.78 Å². The lowest BCUT2D eigenvalue weighted by molar-refractivity contribution is 0.415. The van der Waals surface area contributed by atoms with Gasteiger partial charge in [0.25, 0.3) is 5.56 Å². The zero-order chi connectivity index (χ0) is 19.5. The van der Waals surface area contributed by atoms with Crippen LogP contribution in [-0.2, 0) is 13.0 Å². The van der Waals surface area contributed by atoms with Crippen molar-refractivity contribution in [3.8, 4) is 16.9 Å². The summed E-state index contributed by atoms with van der Waals surface area (Å²) in [5.41, 5.74) is 2.19. The number of ether oxygens (including phenoxy) is 1. The van der Waals surface area contributed by atoms with Crippen molar-refractivity contribution in [2.24, 2.45) is 0 Å². The predicted molar refractivity (Wildman–Crippen MR) is 109 cm³/mol. The van der Waals surface area contributed by atoms with E-state index in [9.17, 15) is 9.59 Å². The third-order valence-corrected chi connectivity index (χ3v) is 4.75. The lowest BCUT2D eigenvalue weighted by Crippen LogP contribution is -2.31. The largest absolute Gasteiger partial charge is 0.497 e. The zero-order valence-corrected chi connectivity index (χ0v) is 15.4. The molecule has 0 aliphatic carbocycles. The Labute approximate surface area is 161 Å². The molecule has 2 aromatic carbocycles. The van der Waals surface area contributed by atoms with Crippen LogP contribution >= 0.6 is 0 Å². The molecule has 0 unspecified atom stereocenters. The first-order chi connectivity index (χ1) is 13.7. The summed E-state index contributed by atoms with van der Waals surface area (Å²) >= 11 is 0. The number of hydrogen-bond donors (Lipinski definition) is 1. The maximum Gasteiger partial charge on any atom is 0.330 e. The average molecular weight is 373 g/mol. The first kappa shape index (κ1) is 17.7. The van der Waals surface area contributed by atoms with Gasteiger partial charge in [0, 0.05) is 12.7 Å². The number of aryl methyl sites for hydroxylation is 2. The van der Waals surface area contributed by atoms with Gasteiger partial charge >= 0.3 is 5.69 Å². The van der Waals surface area contributed by atoms with E-state index in [1.54, 1.807) is 19.4 Å². The van der Waals surface area contributed by atoms with Gasteiger partial charge in [-0.1, -0.05) is 42.5 Å². The van der Waals surface area contributed by atoms with Gasteiger partial charge < -0.3 is 4.74 Å². The SMILES string of the molecule is COc1ccc(-c2ccnc3c2c(=O)[nH]c(=O)n3CCc2ccccc2)cc1. The number of pyridine rings is 1. The molecule has 0 saturated carbocycles. The molecule has 28 heavy (non-hydrogen) atoms. The molecule has 4 rings (SSSR count). The number of methoxy groups -OCH3 is 1. The van der Waals surface area contributed by atoms with Crippen molar-refractivity contribution < 1.29 is 4.74 Å². The second kappa shape index (κ2) is 7.52. The normalized spacial score (nSPS) is 10.9. The first-order valence-corrected chi connectivity index (χ1v) is 8.97. The molecule has 0 aliphatic rings. The van der Waals surface area contributed by atoms with Crippen molar-refractivity contribution in [3.05, 3.63) is 93.3 Å². The molecule has 0 bridgehead atoms. The highest BCUT2D eigenvalue weighted by Crippen LogP contribution is 2.26. The molecule has 0 amide bonds. The highest BCUT2D eigenvalue weighted by atomic mass is 16.5. The molecule has 2 heterocycles. The molecule has 0 aliphatic heterocycles. The third-order valence-electron chi connectivity index (χ3n) is 4.75. The molecule has 2 aromatic heterocycles. The topological polar surface area (TPSA) is 77.0 Å². The van der Waals surface area contributed by atoms with Crippen molar-refractivity contribution in [1.29, 1.82) is 0 Å². The van der Waals surface area contributed by atoms with Crippen LogP contribution in [0.3, 0.4) is 0 Å². The maximum atomic E-state index is 12.6. The van der Waals surface area contributed by atoms with Crippen LogP contribution in [0.15, 0.2) is 76.4 Å². The number of aromatic nitrogens is 3. The van der Waals surface area contributed by atoms with Gasteiger partial charge in [0.2, 0.25) is 0 Å². The zero-order valence-electron chi connectivity index (χ0n) is 15.4. The van der Waals surface area contributed by atoms with Gasteiger partial charge in [0.1, 0.15) is 11.4 Å². The van der Waals surface area contributed by atoms with E-state index in [2.05, 4.69) is 9.97 Å². The summed E-state index contributed by atoms with van der Waals surface area (Å²) < 4.78 is 6.72. The predicted octanol–water partition coefficient (Wildman–Crippen LogP) is 3.00. The number of nitrogens with zero attached hydrogens (tertiary/aromatic N) is 2. The molecule has 0 atom stereocenters. The molecule has 6 heteroatoms. The summed E-state index contributed by atoms with van der Waals surface area (Å²) in [5.74, 6) is 0.732. The van der Waals surface area contributed by atoms with Crippen molar-refractivity contribution in [1.82, 2.24) is 14.5 Å². The minimum atomic E-state index is -0.451. The average Bonchev–Trinajstić information content (AvgIpc) is 2.74. The van der Waals surface area contributed by atoms with Crippen LogP contribution in [0.1, 0.15) is 5.56 Å². The lowest BCUT2D eigenvalue weighted by atomic mass is 10.0. The Morgan fingerprint density at radius 2 is 1.75 bits per heavy atom. The number of aromatic amines is 1. The molecule has 0 fully saturated rings. The van der Waals surface area contributed by atoms with E-state index in [0.29, 0.717) is 24.0 Å². The monoisotopic (exact) mass is 373 g/mol. The van der Waals surface area contributed by atoms with Crippen molar-refractivity contribution >= 4 is 11.0 Å². The Morgan fingerprint density at radius 3 is 2.46 bits per heavy atom. The third kappa shape index (κ3) is 3.32. The van der Waals surface area contributed by atoms with Crippen molar-refractivity contribution in [2.45, 2.75) is 13.0 Å². The van der Waals surface area contributed by atoms with E-state index in [-0.39, 0.29) is 0 Å². The molecule has 0 saturated heterocycles. The van der Waals surface area contributed by atoms with Gasteiger partial charge in [-0.2, -0.15) is 0 Å². The van der Waals surface area contributed by atoms with E-state index >= 15 is 0 Å². The Morgan fingerprint density at radius 1 is 1.00 bits per heavy atom. The molecule has 1 N–H and O–H groups in total. The summed E-state index contributed by atoms with van der Waals surface area (Å²) in [6.07, 6.45) is 2.29. The van der Waals surface area contributed by atoms with Crippen LogP contribution in [0.25, 0.3) is 22.2 Å². The van der Waals surface area contributed by atoms with Crippen LogP contribution in [0.4, 0.5) is 0 Å². The number of hydrogen-bond acceptors (Lipinski definition) is 4. The molecular formula is C22H19N3O3. The highest BCUT2D eigenvalue weighted by Gasteiger charge is 2.14. The molecule has 0 spiro atoms. The van der Waals surface area contributed by atoms with Crippen molar-refractivity contribution in [2.75, 3.05) is 7.11 Å². The highest BCUT2D eigenvalue weighted by molar-refractivity contribution is 5.91. The van der Waals surface area contributed by atoms with E-state index in [1.165, 1.54) is 4.57 Å². The van der Waals surface area contributed by atoms with E-state index in [1.807, 2.05) is 54.6 Å². The van der Waals surface area contributed by atoms with Crippen LogP contribution < -0.4 is 16.0 Å². The molecule has 0 radical (unpaired) electrons. The van der Waals surface area contributed by atoms with Gasteiger partial charge in [-0.15, -0.1) is 0 Å². The second-order valence-corrected chi connectivity index (χ2v) is 6.43. The summed E-state index contributed by atoms with van der Waals surface area (Å²) in [7, 11) is 1.60. The standard InChI is InChI=1S/C22H19N3O3/c1-28-17-9-7-16(8-10-17)18-11-13-23-20-19(18)21(26)24-22(27)25(20)14-12-15-5-3-2-4-6-15/h2-11,13H,12,14H2,1H3,(H,24,26,27). The summed E-state index contributed by atoms with van der Waals surface area (Å²) in [6.45, 7) is 0.426. The number of rotatable bonds is 5. The first-order valence-electron chi connectivity index (χ1n) is 8.97. The summed E-state index contributed by atoms with van der Waals surface area (Å²) in [4.78, 5) is 31.9. The maximum absolute atomic E-state index is 12.6. The van der Waals surface area contributed by atoms with Gasteiger partial charge in [0.05, 0.1) is 12.5 Å². The minimum Gasteiger partial charge on any atom is -0.497 e. The molecular weight excluding hydrogens is 354 g/mol. The number of H-pyrrole nitrogens is 1. The molecule has 4 aromatic rings. The van der Waals surface area contributed by atoms with E-state index < -0.39 is 11.2 Å². The fourth-order valence-electron chi connectivity index (χ4n) is 3.31. The number of nitrogens with one attached hydrogen (secondary N) is 1. The van der Waals surface area contributed by atoms with Gasteiger partial charge in [-0.3, -0.25) is 14.3 Å². The van der Waals surface area contributed by atoms with Gasteiger partial charge in [0.15, 0.2) is 0 Å². The lowest BCUT2D eigenvalue weighted by Gasteiger charge is -2.12. The second-order valence-electron chi connectivity index (χ2n) is 6.43. The van der Waals surface area contributed by atoms with Crippen LogP contribution in [0.5, 0.6) is 5.75 Å². The minimum absolute atomic E-state index is 0.387. The summed E-state index contributed by atoms with van der Waals surface area (Å²) in [6, 6.07) is 19.1. The fraction of sp³-hybridized carbons (Fsp3) is 0.136. The smallest absolute Gasteiger partial charge is 0.330 e. The van der Waals surface area contributed by atoms with Gasteiger partial charge in [-0.05, 0) is 41.3 Å². The van der Waals surface area contributed by atoms with E-state index in [4.69, 9.17) is 4.74 Å². The Kier molecular flexibility index (Phi) is 4.76. The Balaban J connectivity index is 1.83. The van der Waals surface area contributed by atoms with Crippen LogP contribution in [0.2, 0.25) is 0 Å². The molecule has 6 nitrogen and oxygen atoms in total. The number of benzene rings is 2. The van der Waals surface area contributed by atoms with E-state index in [0.717, 1.165) is 22.4 Å². The Bertz CT molecular complexity index is 1230. The fourth-order valence-corrected chi connectivity index (χ4v) is 3.31.